The van der Waals surface area contributed by atoms with Gasteiger partial charge in [0.25, 0.3) is 0 Å². The molecule has 3 aliphatic rings. The molecule has 1 unspecified atom stereocenters. The molecule has 2 nitrogen and oxygen atoms in total. The summed E-state index contributed by atoms with van der Waals surface area (Å²) in [5.74, 6) is 5.38. The molecule has 0 aromatic heterocycles. The Hall–Kier alpha value is -0.600. The van der Waals surface area contributed by atoms with E-state index in [2.05, 4.69) is 77.3 Å². The second-order valence-electron chi connectivity index (χ2n) is 11.1. The summed E-state index contributed by atoms with van der Waals surface area (Å²) in [6.07, 6.45) is 8.30. The van der Waals surface area contributed by atoms with Crippen LogP contribution in [0.1, 0.15) is 68.2 Å². The predicted molar refractivity (Wildman–Crippen MR) is 122 cm³/mol. The highest BCUT2D eigenvalue weighted by Gasteiger charge is 2.40. The summed E-state index contributed by atoms with van der Waals surface area (Å²) in [7, 11) is 0. The predicted octanol–water partition coefficient (Wildman–Crippen LogP) is 6.06. The van der Waals surface area contributed by atoms with Crippen LogP contribution in [0.4, 0.5) is 0 Å². The van der Waals surface area contributed by atoms with Crippen molar-refractivity contribution < 1.29 is 0 Å². The van der Waals surface area contributed by atoms with Crippen LogP contribution in [-0.2, 0) is 0 Å². The molecule has 0 bridgehead atoms. The molecule has 2 heteroatoms. The van der Waals surface area contributed by atoms with Gasteiger partial charge in [-0.15, -0.1) is 0 Å². The van der Waals surface area contributed by atoms with Crippen LogP contribution in [0.3, 0.4) is 0 Å². The van der Waals surface area contributed by atoms with E-state index in [4.69, 9.17) is 0 Å². The van der Waals surface area contributed by atoms with Gasteiger partial charge in [0.2, 0.25) is 0 Å². The minimum atomic E-state index is 0.623. The summed E-state index contributed by atoms with van der Waals surface area (Å²) in [6, 6.07) is 0. The number of hydrogen-bond acceptors (Lipinski definition) is 2. The summed E-state index contributed by atoms with van der Waals surface area (Å²) in [5.41, 5.74) is 3.20. The zero-order chi connectivity index (χ0) is 20.6. The second-order valence-corrected chi connectivity index (χ2v) is 11.1. The van der Waals surface area contributed by atoms with E-state index in [1.54, 1.807) is 11.1 Å². The van der Waals surface area contributed by atoms with Gasteiger partial charge in [0.1, 0.15) is 0 Å². The van der Waals surface area contributed by atoms with Gasteiger partial charge in [0, 0.05) is 26.2 Å². The van der Waals surface area contributed by atoms with Crippen LogP contribution in [0, 0.1) is 41.4 Å². The average Bonchev–Trinajstić information content (AvgIpc) is 2.96. The topological polar surface area (TPSA) is 6.48 Å². The Kier molecular flexibility index (Phi) is 7.14. The molecule has 160 valence electrons. The van der Waals surface area contributed by atoms with E-state index in [0.29, 0.717) is 12.1 Å². The molecule has 3 rings (SSSR count). The fraction of sp³-hybridized carbons (Fsp3) is 0.846. The molecule has 1 heterocycles. The van der Waals surface area contributed by atoms with Crippen molar-refractivity contribution in [1.82, 2.24) is 9.80 Å². The fourth-order valence-corrected chi connectivity index (χ4v) is 6.86. The molecule has 7 atom stereocenters. The molecule has 0 aromatic carbocycles. The summed E-state index contributed by atoms with van der Waals surface area (Å²) >= 11 is 0. The van der Waals surface area contributed by atoms with Gasteiger partial charge in [0.15, 0.2) is 0 Å². The smallest absolute Gasteiger partial charge is 0.0647 e. The molecule has 0 spiro atoms. The third-order valence-corrected chi connectivity index (χ3v) is 8.10. The maximum absolute atomic E-state index is 2.84. The quantitative estimate of drug-likeness (QED) is 0.530. The number of allylic oxidation sites excluding steroid dienone is 4. The molecule has 1 aliphatic heterocycles. The van der Waals surface area contributed by atoms with Crippen molar-refractivity contribution in [1.29, 1.82) is 0 Å². The van der Waals surface area contributed by atoms with Crippen molar-refractivity contribution >= 4 is 0 Å². The molecule has 0 N–H and O–H groups in total. The molecule has 1 fully saturated rings. The lowest BCUT2D eigenvalue weighted by atomic mass is 9.74. The summed E-state index contributed by atoms with van der Waals surface area (Å²) in [4.78, 5) is 5.69. The van der Waals surface area contributed by atoms with E-state index < -0.39 is 0 Å². The second kappa shape index (κ2) is 9.04. The van der Waals surface area contributed by atoms with E-state index in [9.17, 15) is 0 Å². The Balaban J connectivity index is 1.69. The van der Waals surface area contributed by atoms with Gasteiger partial charge in [-0.1, -0.05) is 64.8 Å². The van der Waals surface area contributed by atoms with Crippen LogP contribution in [0.25, 0.3) is 0 Å². The zero-order valence-corrected chi connectivity index (χ0v) is 19.9. The van der Waals surface area contributed by atoms with Crippen molar-refractivity contribution in [3.8, 4) is 0 Å². The Morgan fingerprint density at radius 1 is 0.786 bits per heavy atom. The van der Waals surface area contributed by atoms with Crippen molar-refractivity contribution in [3.05, 3.63) is 23.3 Å². The normalized spacial score (nSPS) is 40.7. The first-order valence-corrected chi connectivity index (χ1v) is 12.0. The van der Waals surface area contributed by atoms with Crippen molar-refractivity contribution in [2.45, 2.75) is 74.4 Å². The monoisotopic (exact) mass is 386 g/mol. The van der Waals surface area contributed by atoms with Crippen molar-refractivity contribution in [3.63, 3.8) is 0 Å². The highest BCUT2D eigenvalue weighted by atomic mass is 15.4. The van der Waals surface area contributed by atoms with E-state index in [1.165, 1.54) is 39.0 Å². The van der Waals surface area contributed by atoms with Gasteiger partial charge in [-0.2, -0.15) is 0 Å². The maximum atomic E-state index is 2.84. The van der Waals surface area contributed by atoms with Crippen LogP contribution in [0.5, 0.6) is 0 Å². The third-order valence-electron chi connectivity index (χ3n) is 8.10. The molecule has 0 radical (unpaired) electrons. The number of nitrogens with zero attached hydrogens (tertiary/aromatic N) is 2. The van der Waals surface area contributed by atoms with Crippen LogP contribution in [0.2, 0.25) is 0 Å². The third kappa shape index (κ3) is 4.75. The van der Waals surface area contributed by atoms with Crippen LogP contribution in [-0.4, -0.2) is 42.1 Å². The molecule has 1 saturated heterocycles. The van der Waals surface area contributed by atoms with Gasteiger partial charge < -0.3 is 0 Å². The lowest BCUT2D eigenvalue weighted by Crippen LogP contribution is -2.48. The highest BCUT2D eigenvalue weighted by molar-refractivity contribution is 5.10. The summed E-state index contributed by atoms with van der Waals surface area (Å²) < 4.78 is 0. The molecule has 2 aliphatic carbocycles. The number of hydrogen-bond donors (Lipinski definition) is 0. The standard InChI is InChI=1S/C26H46N2/c1-17(2)26-27(15-24-20(5)11-18(3)12-21(24)6)9-10-28(26)16-25-22(7)13-19(4)14-23(25)8/h11,13,17,20-26H,9-10,12,14-16H2,1-8H3/t20-,21-,22+,23-,24-,25+,26?/m0/s1. The lowest BCUT2D eigenvalue weighted by molar-refractivity contribution is 0.0439. The van der Waals surface area contributed by atoms with E-state index in [0.717, 1.165) is 35.5 Å². The van der Waals surface area contributed by atoms with Gasteiger partial charge >= 0.3 is 0 Å². The highest BCUT2D eigenvalue weighted by Crippen LogP contribution is 2.38. The summed E-state index contributed by atoms with van der Waals surface area (Å²) in [6.45, 7) is 24.4. The Labute approximate surface area is 175 Å². The average molecular weight is 387 g/mol. The van der Waals surface area contributed by atoms with Crippen molar-refractivity contribution in [2.75, 3.05) is 26.2 Å². The van der Waals surface area contributed by atoms with Gasteiger partial charge in [-0.05, 0) is 68.1 Å². The van der Waals surface area contributed by atoms with Crippen LogP contribution < -0.4 is 0 Å². The lowest BCUT2D eigenvalue weighted by Gasteiger charge is -2.42. The minimum Gasteiger partial charge on any atom is -0.286 e. The van der Waals surface area contributed by atoms with Gasteiger partial charge in [0.05, 0.1) is 6.17 Å². The Morgan fingerprint density at radius 2 is 1.18 bits per heavy atom. The first-order chi connectivity index (χ1) is 13.2. The fourth-order valence-electron chi connectivity index (χ4n) is 6.86. The summed E-state index contributed by atoms with van der Waals surface area (Å²) in [5, 5.41) is 0. The molecular formula is C26H46N2. The largest absolute Gasteiger partial charge is 0.286 e. The first-order valence-electron chi connectivity index (χ1n) is 12.0. The molecular weight excluding hydrogens is 340 g/mol. The SMILES string of the molecule is CC1=C[C@@H](C)[C@@H](CN2CCN(C[C@H]3[C@@H](C)C=C(C)C[C@@H]3C)C2C(C)C)[C@@H](C)C1. The van der Waals surface area contributed by atoms with Gasteiger partial charge in [-0.25, -0.2) is 0 Å². The first kappa shape index (κ1) is 22.1. The molecule has 28 heavy (non-hydrogen) atoms. The van der Waals surface area contributed by atoms with Crippen molar-refractivity contribution in [2.24, 2.45) is 41.4 Å². The molecule has 0 aromatic rings. The van der Waals surface area contributed by atoms with Crippen LogP contribution in [0.15, 0.2) is 23.3 Å². The van der Waals surface area contributed by atoms with Crippen LogP contribution >= 0.6 is 0 Å². The molecule has 0 amide bonds. The molecule has 0 saturated carbocycles. The zero-order valence-electron chi connectivity index (χ0n) is 19.9. The van der Waals surface area contributed by atoms with E-state index in [-0.39, 0.29) is 0 Å². The Bertz CT molecular complexity index is 541. The maximum Gasteiger partial charge on any atom is 0.0647 e. The van der Waals surface area contributed by atoms with E-state index >= 15 is 0 Å². The van der Waals surface area contributed by atoms with Gasteiger partial charge in [-0.3, -0.25) is 9.80 Å². The van der Waals surface area contributed by atoms with E-state index in [1.807, 2.05) is 0 Å². The minimum absolute atomic E-state index is 0.623. The Morgan fingerprint density at radius 3 is 1.50 bits per heavy atom. The number of rotatable bonds is 5.